The fourth-order valence-corrected chi connectivity index (χ4v) is 0.817. The Kier molecular flexibility index (Phi) is 3.14. The third-order valence-electron chi connectivity index (χ3n) is 1.38. The van der Waals surface area contributed by atoms with Crippen LogP contribution in [-0.2, 0) is 9.63 Å². The molecule has 1 rings (SSSR count). The second-order valence-electron chi connectivity index (χ2n) is 2.43. The highest BCUT2D eigenvalue weighted by Gasteiger charge is 1.96. The van der Waals surface area contributed by atoms with Gasteiger partial charge in [-0.05, 0) is 12.1 Å². The van der Waals surface area contributed by atoms with Crippen LogP contribution >= 0.6 is 0 Å². The van der Waals surface area contributed by atoms with Gasteiger partial charge in [-0.2, -0.15) is 0 Å². The number of nitrogens with one attached hydrogen (secondary N) is 1. The molecule has 4 nitrogen and oxygen atoms in total. The summed E-state index contributed by atoms with van der Waals surface area (Å²) in [7, 11) is 1.57. The van der Waals surface area contributed by atoms with E-state index in [2.05, 4.69) is 10.3 Å². The average molecular weight is 181 g/mol. The molecule has 0 aliphatic heterocycles. The van der Waals surface area contributed by atoms with Crippen molar-refractivity contribution in [3.05, 3.63) is 24.3 Å². The van der Waals surface area contributed by atoms with E-state index >= 15 is 0 Å². The van der Waals surface area contributed by atoms with Crippen LogP contribution in [0.15, 0.2) is 24.3 Å². The van der Waals surface area contributed by atoms with Crippen LogP contribution in [0.25, 0.3) is 0 Å². The summed E-state index contributed by atoms with van der Waals surface area (Å²) in [6.45, 7) is 1.33. The van der Waals surface area contributed by atoms with E-state index in [0.29, 0.717) is 11.4 Å². The minimum Gasteiger partial charge on any atom is -0.497 e. The van der Waals surface area contributed by atoms with E-state index in [4.69, 9.17) is 4.74 Å². The van der Waals surface area contributed by atoms with Crippen molar-refractivity contribution < 1.29 is 14.4 Å². The summed E-state index contributed by atoms with van der Waals surface area (Å²) in [5, 5.41) is 0. The molecule has 0 saturated carbocycles. The third-order valence-corrected chi connectivity index (χ3v) is 1.38. The van der Waals surface area contributed by atoms with Crippen LogP contribution in [0.4, 0.5) is 5.69 Å². The highest BCUT2D eigenvalue weighted by Crippen LogP contribution is 2.16. The number of anilines is 1. The van der Waals surface area contributed by atoms with Crippen LogP contribution in [-0.4, -0.2) is 13.1 Å². The number of hydrogen-bond donors (Lipinski definition) is 1. The molecule has 1 N–H and O–H groups in total. The van der Waals surface area contributed by atoms with Gasteiger partial charge in [-0.1, -0.05) is 6.07 Å². The van der Waals surface area contributed by atoms with Gasteiger partial charge in [0.25, 0.3) is 0 Å². The number of hydrogen-bond acceptors (Lipinski definition) is 4. The summed E-state index contributed by atoms with van der Waals surface area (Å²) in [5.41, 5.74) is 3.16. The molecule has 1 aromatic rings. The summed E-state index contributed by atoms with van der Waals surface area (Å²) in [4.78, 5) is 15.0. The Balaban J connectivity index is 2.61. The van der Waals surface area contributed by atoms with Crippen molar-refractivity contribution in [2.24, 2.45) is 0 Å². The van der Waals surface area contributed by atoms with Gasteiger partial charge in [0.05, 0.1) is 12.8 Å². The number of ether oxygens (including phenoxy) is 1. The molecule has 0 radical (unpaired) electrons. The van der Waals surface area contributed by atoms with E-state index in [1.54, 1.807) is 31.4 Å². The Morgan fingerprint density at radius 2 is 2.23 bits per heavy atom. The van der Waals surface area contributed by atoms with E-state index in [0.717, 1.165) is 0 Å². The average Bonchev–Trinajstić information content (AvgIpc) is 2.15. The third kappa shape index (κ3) is 3.02. The standard InChI is InChI=1S/C9H11NO3/c1-7(11)13-10-8-4-3-5-9(6-8)12-2/h3-6,10H,1-2H3. The van der Waals surface area contributed by atoms with Crippen LogP contribution in [0.2, 0.25) is 0 Å². The molecule has 0 aliphatic rings. The summed E-state index contributed by atoms with van der Waals surface area (Å²) >= 11 is 0. The van der Waals surface area contributed by atoms with Gasteiger partial charge in [-0.15, -0.1) is 0 Å². The molecule has 0 spiro atoms. The molecule has 0 aromatic heterocycles. The molecular formula is C9H11NO3. The van der Waals surface area contributed by atoms with Crippen molar-refractivity contribution in [3.8, 4) is 5.75 Å². The van der Waals surface area contributed by atoms with Crippen LogP contribution in [0.1, 0.15) is 6.92 Å². The highest BCUT2D eigenvalue weighted by atomic mass is 16.7. The van der Waals surface area contributed by atoms with Crippen molar-refractivity contribution in [1.29, 1.82) is 0 Å². The van der Waals surface area contributed by atoms with Crippen molar-refractivity contribution in [3.63, 3.8) is 0 Å². The fraction of sp³-hybridized carbons (Fsp3) is 0.222. The Morgan fingerprint density at radius 1 is 1.46 bits per heavy atom. The van der Waals surface area contributed by atoms with Gasteiger partial charge in [0, 0.05) is 13.0 Å². The first-order valence-electron chi connectivity index (χ1n) is 3.80. The normalized spacial score (nSPS) is 9.08. The Morgan fingerprint density at radius 3 is 2.85 bits per heavy atom. The Labute approximate surface area is 76.4 Å². The van der Waals surface area contributed by atoms with E-state index in [1.807, 2.05) is 0 Å². The molecule has 1 aromatic carbocycles. The quantitative estimate of drug-likeness (QED) is 0.719. The van der Waals surface area contributed by atoms with Gasteiger partial charge in [-0.3, -0.25) is 4.79 Å². The largest absolute Gasteiger partial charge is 0.497 e. The van der Waals surface area contributed by atoms with Gasteiger partial charge >= 0.3 is 5.97 Å². The molecular weight excluding hydrogens is 170 g/mol. The summed E-state index contributed by atoms with van der Waals surface area (Å²) < 4.78 is 4.98. The van der Waals surface area contributed by atoms with E-state index in [9.17, 15) is 4.79 Å². The Hall–Kier alpha value is -1.71. The zero-order valence-electron chi connectivity index (χ0n) is 7.53. The first-order chi connectivity index (χ1) is 6.22. The van der Waals surface area contributed by atoms with Gasteiger partial charge in [0.15, 0.2) is 0 Å². The van der Waals surface area contributed by atoms with Gasteiger partial charge in [0.2, 0.25) is 0 Å². The second-order valence-corrected chi connectivity index (χ2v) is 2.43. The number of carbonyl (C=O) groups excluding carboxylic acids is 1. The maximum atomic E-state index is 10.5. The maximum Gasteiger partial charge on any atom is 0.329 e. The zero-order valence-corrected chi connectivity index (χ0v) is 7.53. The van der Waals surface area contributed by atoms with E-state index < -0.39 is 0 Å². The van der Waals surface area contributed by atoms with Crippen molar-refractivity contribution >= 4 is 11.7 Å². The maximum absolute atomic E-state index is 10.5. The molecule has 0 heterocycles. The lowest BCUT2D eigenvalue weighted by Crippen LogP contribution is -2.05. The lowest BCUT2D eigenvalue weighted by molar-refractivity contribution is -0.138. The van der Waals surface area contributed by atoms with Crippen LogP contribution in [0, 0.1) is 0 Å². The molecule has 0 aliphatic carbocycles. The molecule has 0 saturated heterocycles. The Bertz CT molecular complexity index is 299. The summed E-state index contributed by atoms with van der Waals surface area (Å²) in [5.74, 6) is 0.319. The number of benzene rings is 1. The lowest BCUT2D eigenvalue weighted by atomic mass is 10.3. The van der Waals surface area contributed by atoms with E-state index in [1.165, 1.54) is 6.92 Å². The smallest absolute Gasteiger partial charge is 0.329 e. The monoisotopic (exact) mass is 181 g/mol. The second kappa shape index (κ2) is 4.35. The highest BCUT2D eigenvalue weighted by molar-refractivity contribution is 5.67. The number of rotatable bonds is 3. The zero-order chi connectivity index (χ0) is 9.68. The predicted octanol–water partition coefficient (Wildman–Crippen LogP) is 1.59. The molecule has 13 heavy (non-hydrogen) atoms. The van der Waals surface area contributed by atoms with E-state index in [-0.39, 0.29) is 5.97 Å². The molecule has 0 unspecified atom stereocenters. The topological polar surface area (TPSA) is 47.6 Å². The van der Waals surface area contributed by atoms with Gasteiger partial charge < -0.3 is 9.57 Å². The van der Waals surface area contributed by atoms with Crippen LogP contribution < -0.4 is 10.2 Å². The van der Waals surface area contributed by atoms with Crippen LogP contribution in [0.3, 0.4) is 0 Å². The molecule has 4 heteroatoms. The van der Waals surface area contributed by atoms with Crippen LogP contribution in [0.5, 0.6) is 5.75 Å². The molecule has 70 valence electrons. The fourth-order valence-electron chi connectivity index (χ4n) is 0.817. The minimum atomic E-state index is -0.386. The first-order valence-corrected chi connectivity index (χ1v) is 3.80. The molecule has 0 bridgehead atoms. The summed E-state index contributed by atoms with van der Waals surface area (Å²) in [6.07, 6.45) is 0. The minimum absolute atomic E-state index is 0.386. The molecule has 0 atom stereocenters. The molecule has 0 amide bonds. The van der Waals surface area contributed by atoms with Crippen molar-refractivity contribution in [2.75, 3.05) is 12.6 Å². The predicted molar refractivity (Wildman–Crippen MR) is 48.4 cm³/mol. The molecule has 0 fully saturated rings. The number of methoxy groups -OCH3 is 1. The lowest BCUT2D eigenvalue weighted by Gasteiger charge is -2.05. The van der Waals surface area contributed by atoms with Crippen molar-refractivity contribution in [1.82, 2.24) is 0 Å². The SMILES string of the molecule is COc1cccc(NOC(C)=O)c1. The van der Waals surface area contributed by atoms with Gasteiger partial charge in [-0.25, -0.2) is 5.48 Å². The first kappa shape index (κ1) is 9.38. The van der Waals surface area contributed by atoms with Crippen molar-refractivity contribution in [2.45, 2.75) is 6.92 Å². The number of carbonyl (C=O) groups is 1. The van der Waals surface area contributed by atoms with Gasteiger partial charge in [0.1, 0.15) is 5.75 Å². The summed E-state index contributed by atoms with van der Waals surface area (Å²) in [6, 6.07) is 7.10.